The lowest BCUT2D eigenvalue weighted by Gasteiger charge is -2.16. The number of aryl methyl sites for hydroxylation is 2. The molecule has 150 valence electrons. The Hall–Kier alpha value is -3.80. The number of hydrogen-bond donors (Lipinski definition) is 1. The van der Waals surface area contributed by atoms with Crippen LogP contribution >= 0.6 is 0 Å². The Morgan fingerprint density at radius 2 is 1.43 bits per heavy atom. The average molecular weight is 404 g/mol. The first-order valence-electron chi connectivity index (χ1n) is 9.34. The zero-order valence-electron chi connectivity index (χ0n) is 16.4. The molecular weight excluding hydrogens is 386 g/mol. The summed E-state index contributed by atoms with van der Waals surface area (Å²) >= 11 is 0. The number of nitrogens with zero attached hydrogens (tertiary/aromatic N) is 1. The molecule has 30 heavy (non-hydrogen) atoms. The number of para-hydroxylation sites is 1. The number of carbonyl (C=O) groups excluding carboxylic acids is 2. The lowest BCUT2D eigenvalue weighted by atomic mass is 10.0. The van der Waals surface area contributed by atoms with Gasteiger partial charge >= 0.3 is 0 Å². The number of hydrogen-bond acceptors (Lipinski definition) is 3. The van der Waals surface area contributed by atoms with Crippen LogP contribution in [0.25, 0.3) is 5.57 Å². The Bertz CT molecular complexity index is 1180. The van der Waals surface area contributed by atoms with Gasteiger partial charge in [0.15, 0.2) is 0 Å². The van der Waals surface area contributed by atoms with Crippen LogP contribution in [0.3, 0.4) is 0 Å². The van der Waals surface area contributed by atoms with E-state index in [9.17, 15) is 18.4 Å². The molecule has 0 aromatic heterocycles. The van der Waals surface area contributed by atoms with Gasteiger partial charge in [0, 0.05) is 5.69 Å². The zero-order chi connectivity index (χ0) is 21.4. The van der Waals surface area contributed by atoms with Crippen LogP contribution in [0.2, 0.25) is 0 Å². The van der Waals surface area contributed by atoms with E-state index in [2.05, 4.69) is 5.32 Å². The molecule has 1 N–H and O–H groups in total. The molecule has 3 aromatic rings. The van der Waals surface area contributed by atoms with Crippen LogP contribution in [0.1, 0.15) is 16.7 Å². The molecule has 0 saturated carbocycles. The Morgan fingerprint density at radius 3 is 2.07 bits per heavy atom. The molecule has 0 fully saturated rings. The summed E-state index contributed by atoms with van der Waals surface area (Å²) in [6.07, 6.45) is 0. The van der Waals surface area contributed by atoms with Gasteiger partial charge in [-0.3, -0.25) is 9.59 Å². The van der Waals surface area contributed by atoms with Gasteiger partial charge < -0.3 is 5.32 Å². The van der Waals surface area contributed by atoms with E-state index in [1.54, 1.807) is 6.07 Å². The second kappa shape index (κ2) is 7.55. The van der Waals surface area contributed by atoms with Crippen molar-refractivity contribution in [1.82, 2.24) is 0 Å². The van der Waals surface area contributed by atoms with Gasteiger partial charge in [-0.1, -0.05) is 30.3 Å². The Morgan fingerprint density at radius 1 is 0.800 bits per heavy atom. The molecule has 0 radical (unpaired) electrons. The van der Waals surface area contributed by atoms with E-state index in [0.29, 0.717) is 11.3 Å². The van der Waals surface area contributed by atoms with Crippen molar-refractivity contribution < 1.29 is 18.4 Å². The van der Waals surface area contributed by atoms with Crippen molar-refractivity contribution in [3.63, 3.8) is 0 Å². The summed E-state index contributed by atoms with van der Waals surface area (Å²) in [5.74, 6) is -2.51. The summed E-state index contributed by atoms with van der Waals surface area (Å²) in [7, 11) is 0. The summed E-state index contributed by atoms with van der Waals surface area (Å²) in [5.41, 5.74) is 2.87. The fourth-order valence-corrected chi connectivity index (χ4v) is 3.57. The summed E-state index contributed by atoms with van der Waals surface area (Å²) in [5, 5.41) is 3.04. The standard InChI is InChI=1S/C24H18F2N2O2/c1-14-11-15(2)13-18(12-14)27-22-21(16-7-9-17(25)10-8-16)23(29)28(24(22)30)20-6-4-3-5-19(20)26/h3-13,27H,1-2H3. The van der Waals surface area contributed by atoms with Crippen molar-refractivity contribution in [2.24, 2.45) is 0 Å². The molecule has 1 aliphatic rings. The van der Waals surface area contributed by atoms with Gasteiger partial charge in [-0.05, 0) is 66.9 Å². The summed E-state index contributed by atoms with van der Waals surface area (Å²) in [6.45, 7) is 3.83. The Labute approximate surface area is 172 Å². The molecule has 4 rings (SSSR count). The number of anilines is 2. The van der Waals surface area contributed by atoms with E-state index in [1.165, 1.54) is 42.5 Å². The minimum Gasteiger partial charge on any atom is -0.350 e. The van der Waals surface area contributed by atoms with Gasteiger partial charge in [0.25, 0.3) is 11.8 Å². The molecule has 2 amide bonds. The van der Waals surface area contributed by atoms with Crippen LogP contribution in [0, 0.1) is 25.5 Å². The highest BCUT2D eigenvalue weighted by Crippen LogP contribution is 2.35. The number of carbonyl (C=O) groups is 2. The van der Waals surface area contributed by atoms with E-state index in [4.69, 9.17) is 0 Å². The van der Waals surface area contributed by atoms with E-state index in [-0.39, 0.29) is 17.0 Å². The van der Waals surface area contributed by atoms with Gasteiger partial charge in [0.05, 0.1) is 11.3 Å². The zero-order valence-corrected chi connectivity index (χ0v) is 16.4. The quantitative estimate of drug-likeness (QED) is 0.624. The van der Waals surface area contributed by atoms with Gasteiger partial charge in [-0.25, -0.2) is 13.7 Å². The highest BCUT2D eigenvalue weighted by Gasteiger charge is 2.41. The number of nitrogens with one attached hydrogen (secondary N) is 1. The van der Waals surface area contributed by atoms with Crippen LogP contribution < -0.4 is 10.2 Å². The van der Waals surface area contributed by atoms with Gasteiger partial charge in [-0.15, -0.1) is 0 Å². The molecule has 0 spiro atoms. The number of imide groups is 1. The topological polar surface area (TPSA) is 49.4 Å². The predicted molar refractivity (Wildman–Crippen MR) is 112 cm³/mol. The number of benzene rings is 3. The second-order valence-corrected chi connectivity index (χ2v) is 7.16. The predicted octanol–water partition coefficient (Wildman–Crippen LogP) is 4.98. The van der Waals surface area contributed by atoms with Crippen molar-refractivity contribution in [2.75, 3.05) is 10.2 Å². The third kappa shape index (κ3) is 3.48. The van der Waals surface area contributed by atoms with Crippen LogP contribution in [0.4, 0.5) is 20.2 Å². The van der Waals surface area contributed by atoms with Crippen molar-refractivity contribution in [3.8, 4) is 0 Å². The van der Waals surface area contributed by atoms with Gasteiger partial charge in [-0.2, -0.15) is 0 Å². The van der Waals surface area contributed by atoms with E-state index < -0.39 is 23.4 Å². The lowest BCUT2D eigenvalue weighted by Crippen LogP contribution is -2.33. The highest BCUT2D eigenvalue weighted by atomic mass is 19.1. The minimum absolute atomic E-state index is 0.0138. The Balaban J connectivity index is 1.86. The number of halogens is 2. The molecule has 6 heteroatoms. The van der Waals surface area contributed by atoms with E-state index in [1.807, 2.05) is 32.0 Å². The molecule has 3 aromatic carbocycles. The SMILES string of the molecule is Cc1cc(C)cc(NC2=C(c3ccc(F)cc3)C(=O)N(c3ccccc3F)C2=O)c1. The molecule has 0 saturated heterocycles. The van der Waals surface area contributed by atoms with Crippen molar-refractivity contribution in [1.29, 1.82) is 0 Å². The molecule has 1 heterocycles. The molecule has 0 bridgehead atoms. The molecule has 0 aliphatic carbocycles. The normalized spacial score (nSPS) is 13.9. The smallest absolute Gasteiger partial charge is 0.282 e. The van der Waals surface area contributed by atoms with Gasteiger partial charge in [0.1, 0.15) is 17.3 Å². The molecule has 0 atom stereocenters. The van der Waals surface area contributed by atoms with Crippen LogP contribution in [-0.4, -0.2) is 11.8 Å². The molecule has 0 unspecified atom stereocenters. The summed E-state index contributed by atoms with van der Waals surface area (Å²) in [4.78, 5) is 27.3. The van der Waals surface area contributed by atoms with Crippen LogP contribution in [0.15, 0.2) is 72.4 Å². The van der Waals surface area contributed by atoms with Gasteiger partial charge in [0.2, 0.25) is 0 Å². The van der Waals surface area contributed by atoms with Crippen LogP contribution in [-0.2, 0) is 9.59 Å². The third-order valence-corrected chi connectivity index (χ3v) is 4.80. The molecule has 1 aliphatic heterocycles. The monoisotopic (exact) mass is 404 g/mol. The van der Waals surface area contributed by atoms with Crippen molar-refractivity contribution in [3.05, 3.63) is 101 Å². The van der Waals surface area contributed by atoms with Crippen LogP contribution in [0.5, 0.6) is 0 Å². The van der Waals surface area contributed by atoms with Crippen molar-refractivity contribution in [2.45, 2.75) is 13.8 Å². The number of rotatable bonds is 4. The first kappa shape index (κ1) is 19.5. The van der Waals surface area contributed by atoms with E-state index >= 15 is 0 Å². The largest absolute Gasteiger partial charge is 0.350 e. The average Bonchev–Trinajstić information content (AvgIpc) is 2.92. The minimum atomic E-state index is -0.690. The third-order valence-electron chi connectivity index (χ3n) is 4.80. The summed E-state index contributed by atoms with van der Waals surface area (Å²) in [6, 6.07) is 16.5. The summed E-state index contributed by atoms with van der Waals surface area (Å²) < 4.78 is 27.8. The maximum absolute atomic E-state index is 14.4. The van der Waals surface area contributed by atoms with E-state index in [0.717, 1.165) is 16.0 Å². The first-order valence-corrected chi connectivity index (χ1v) is 9.34. The number of amides is 2. The lowest BCUT2D eigenvalue weighted by molar-refractivity contribution is -0.120. The molecule has 4 nitrogen and oxygen atoms in total. The maximum Gasteiger partial charge on any atom is 0.282 e. The fourth-order valence-electron chi connectivity index (χ4n) is 3.57. The highest BCUT2D eigenvalue weighted by molar-refractivity contribution is 6.46. The Kier molecular flexibility index (Phi) is 4.91. The first-order chi connectivity index (χ1) is 14.3. The fraction of sp³-hybridized carbons (Fsp3) is 0.0833. The maximum atomic E-state index is 14.4. The second-order valence-electron chi connectivity index (χ2n) is 7.16. The molecular formula is C24H18F2N2O2. The van der Waals surface area contributed by atoms with Crippen molar-refractivity contribution >= 4 is 28.8 Å².